The lowest BCUT2D eigenvalue weighted by atomic mass is 9.94. The summed E-state index contributed by atoms with van der Waals surface area (Å²) in [6.45, 7) is 1.54. The second-order valence-corrected chi connectivity index (χ2v) is 4.41. The van der Waals surface area contributed by atoms with Crippen LogP contribution in [0.25, 0.3) is 0 Å². The van der Waals surface area contributed by atoms with E-state index in [1.165, 1.54) is 12.4 Å². The van der Waals surface area contributed by atoms with Gasteiger partial charge in [-0.3, -0.25) is 4.79 Å². The maximum absolute atomic E-state index is 10.6. The highest BCUT2D eigenvalue weighted by Crippen LogP contribution is 2.22. The summed E-state index contributed by atoms with van der Waals surface area (Å²) in [6, 6.07) is 1.98. The van der Waals surface area contributed by atoms with E-state index in [0.717, 1.165) is 25.9 Å². The fraction of sp³-hybridized carbons (Fsp3) is 0.500. The molecular weight excluding hydrogens is 232 g/mol. The summed E-state index contributed by atoms with van der Waals surface area (Å²) < 4.78 is 0. The summed E-state index contributed by atoms with van der Waals surface area (Å²) in [5.74, 6) is 0.128. The molecule has 1 saturated heterocycles. The topological polar surface area (TPSA) is 90.1 Å². The Morgan fingerprint density at radius 3 is 2.56 bits per heavy atom. The van der Waals surface area contributed by atoms with Crippen LogP contribution in [0, 0.1) is 17.2 Å². The molecule has 6 heteroatoms. The summed E-state index contributed by atoms with van der Waals surface area (Å²) in [5.41, 5.74) is 0.444. The Morgan fingerprint density at radius 2 is 2.06 bits per heavy atom. The summed E-state index contributed by atoms with van der Waals surface area (Å²) in [6.07, 6.45) is 4.94. The SMILES string of the molecule is N#Cc1cnc(N2CCC(CC(=O)O)CC2)nc1. The number of carboxylic acids is 1. The van der Waals surface area contributed by atoms with Crippen LogP contribution in [0.1, 0.15) is 24.8 Å². The van der Waals surface area contributed by atoms with E-state index in [1.54, 1.807) is 0 Å². The molecule has 2 heterocycles. The van der Waals surface area contributed by atoms with Crippen molar-refractivity contribution in [3.8, 4) is 6.07 Å². The first-order valence-electron chi connectivity index (χ1n) is 5.88. The first-order chi connectivity index (χ1) is 8.69. The van der Waals surface area contributed by atoms with Crippen molar-refractivity contribution in [2.45, 2.75) is 19.3 Å². The third kappa shape index (κ3) is 2.94. The normalized spacial score (nSPS) is 16.3. The predicted octanol–water partition coefficient (Wildman–Crippen LogP) is 1.04. The fourth-order valence-corrected chi connectivity index (χ4v) is 2.13. The van der Waals surface area contributed by atoms with Crippen molar-refractivity contribution in [1.82, 2.24) is 9.97 Å². The zero-order chi connectivity index (χ0) is 13.0. The summed E-state index contributed by atoms with van der Waals surface area (Å²) >= 11 is 0. The second kappa shape index (κ2) is 5.45. The number of carboxylic acid groups (broad SMARTS) is 1. The highest BCUT2D eigenvalue weighted by Gasteiger charge is 2.22. The number of aromatic nitrogens is 2. The van der Waals surface area contributed by atoms with Gasteiger partial charge in [-0.2, -0.15) is 5.26 Å². The summed E-state index contributed by atoms with van der Waals surface area (Å²) in [5, 5.41) is 17.4. The van der Waals surface area contributed by atoms with Gasteiger partial charge in [0, 0.05) is 19.5 Å². The fourth-order valence-electron chi connectivity index (χ4n) is 2.13. The van der Waals surface area contributed by atoms with Crippen molar-refractivity contribution in [2.24, 2.45) is 5.92 Å². The van der Waals surface area contributed by atoms with Crippen LogP contribution in [-0.4, -0.2) is 34.1 Å². The first-order valence-corrected chi connectivity index (χ1v) is 5.88. The van der Waals surface area contributed by atoms with E-state index < -0.39 is 5.97 Å². The Hall–Kier alpha value is -2.16. The number of nitriles is 1. The first kappa shape index (κ1) is 12.3. The van der Waals surface area contributed by atoms with Gasteiger partial charge in [0.1, 0.15) is 6.07 Å². The average Bonchev–Trinajstić information content (AvgIpc) is 2.39. The minimum Gasteiger partial charge on any atom is -0.481 e. The molecule has 1 aliphatic heterocycles. The van der Waals surface area contributed by atoms with E-state index in [1.807, 2.05) is 11.0 Å². The molecule has 0 spiro atoms. The Balaban J connectivity index is 1.93. The van der Waals surface area contributed by atoms with E-state index in [9.17, 15) is 4.79 Å². The average molecular weight is 246 g/mol. The Labute approximate surface area is 105 Å². The quantitative estimate of drug-likeness (QED) is 0.857. The lowest BCUT2D eigenvalue weighted by Gasteiger charge is -2.31. The largest absolute Gasteiger partial charge is 0.481 e. The lowest BCUT2D eigenvalue weighted by Crippen LogP contribution is -2.35. The van der Waals surface area contributed by atoms with E-state index >= 15 is 0 Å². The van der Waals surface area contributed by atoms with Crippen LogP contribution in [0.4, 0.5) is 5.95 Å². The van der Waals surface area contributed by atoms with Crippen molar-refractivity contribution >= 4 is 11.9 Å². The zero-order valence-corrected chi connectivity index (χ0v) is 9.91. The molecule has 0 unspecified atom stereocenters. The van der Waals surface area contributed by atoms with E-state index in [4.69, 9.17) is 10.4 Å². The van der Waals surface area contributed by atoms with Crippen LogP contribution in [0.5, 0.6) is 0 Å². The highest BCUT2D eigenvalue weighted by molar-refractivity contribution is 5.67. The molecule has 0 atom stereocenters. The molecule has 1 aliphatic rings. The number of aliphatic carboxylic acids is 1. The maximum Gasteiger partial charge on any atom is 0.303 e. The van der Waals surface area contributed by atoms with Crippen molar-refractivity contribution in [2.75, 3.05) is 18.0 Å². The van der Waals surface area contributed by atoms with Gasteiger partial charge in [-0.1, -0.05) is 0 Å². The Kier molecular flexibility index (Phi) is 3.72. The summed E-state index contributed by atoms with van der Waals surface area (Å²) in [4.78, 5) is 20.9. The zero-order valence-electron chi connectivity index (χ0n) is 9.91. The molecule has 0 radical (unpaired) electrons. The van der Waals surface area contributed by atoms with Crippen LogP contribution >= 0.6 is 0 Å². The molecule has 1 fully saturated rings. The van der Waals surface area contributed by atoms with E-state index in [2.05, 4.69) is 9.97 Å². The Morgan fingerprint density at radius 1 is 1.44 bits per heavy atom. The molecule has 1 aromatic rings. The Bertz CT molecular complexity index is 458. The number of rotatable bonds is 3. The maximum atomic E-state index is 10.6. The number of carbonyl (C=O) groups is 1. The third-order valence-electron chi connectivity index (χ3n) is 3.13. The number of anilines is 1. The van der Waals surface area contributed by atoms with Crippen LogP contribution in [-0.2, 0) is 4.79 Å². The number of hydrogen-bond acceptors (Lipinski definition) is 5. The minimum atomic E-state index is -0.733. The van der Waals surface area contributed by atoms with E-state index in [-0.39, 0.29) is 12.3 Å². The van der Waals surface area contributed by atoms with Crippen molar-refractivity contribution in [1.29, 1.82) is 5.26 Å². The van der Waals surface area contributed by atoms with Gasteiger partial charge in [0.15, 0.2) is 0 Å². The summed E-state index contributed by atoms with van der Waals surface area (Å²) in [7, 11) is 0. The highest BCUT2D eigenvalue weighted by atomic mass is 16.4. The van der Waals surface area contributed by atoms with Crippen LogP contribution < -0.4 is 4.90 Å². The lowest BCUT2D eigenvalue weighted by molar-refractivity contribution is -0.138. The molecule has 0 saturated carbocycles. The van der Waals surface area contributed by atoms with Gasteiger partial charge in [-0.15, -0.1) is 0 Å². The van der Waals surface area contributed by atoms with Gasteiger partial charge in [0.05, 0.1) is 18.0 Å². The molecular formula is C12H14N4O2. The molecule has 1 aromatic heterocycles. The molecule has 94 valence electrons. The van der Waals surface area contributed by atoms with Crippen LogP contribution in [0.2, 0.25) is 0 Å². The van der Waals surface area contributed by atoms with Crippen molar-refractivity contribution in [3.05, 3.63) is 18.0 Å². The number of piperidine rings is 1. The van der Waals surface area contributed by atoms with Gasteiger partial charge < -0.3 is 10.0 Å². The molecule has 0 amide bonds. The van der Waals surface area contributed by atoms with Gasteiger partial charge in [-0.25, -0.2) is 9.97 Å². The molecule has 1 N–H and O–H groups in total. The molecule has 0 aromatic carbocycles. The standard InChI is InChI=1S/C12H14N4O2/c13-6-10-7-14-12(15-8-10)16-3-1-9(2-4-16)5-11(17)18/h7-9H,1-5H2,(H,17,18). The van der Waals surface area contributed by atoms with Gasteiger partial charge in [0.2, 0.25) is 5.95 Å². The molecule has 6 nitrogen and oxygen atoms in total. The monoisotopic (exact) mass is 246 g/mol. The van der Waals surface area contributed by atoms with Crippen LogP contribution in [0.3, 0.4) is 0 Å². The molecule has 2 rings (SSSR count). The van der Waals surface area contributed by atoms with Gasteiger partial charge >= 0.3 is 5.97 Å². The van der Waals surface area contributed by atoms with Crippen molar-refractivity contribution < 1.29 is 9.90 Å². The van der Waals surface area contributed by atoms with E-state index in [0.29, 0.717) is 11.5 Å². The predicted molar refractivity (Wildman–Crippen MR) is 63.9 cm³/mol. The molecule has 0 aliphatic carbocycles. The van der Waals surface area contributed by atoms with Crippen molar-refractivity contribution in [3.63, 3.8) is 0 Å². The van der Waals surface area contributed by atoms with Gasteiger partial charge in [0.25, 0.3) is 0 Å². The third-order valence-corrected chi connectivity index (χ3v) is 3.13. The van der Waals surface area contributed by atoms with Gasteiger partial charge in [-0.05, 0) is 18.8 Å². The number of nitrogens with zero attached hydrogens (tertiary/aromatic N) is 4. The smallest absolute Gasteiger partial charge is 0.303 e. The molecule has 0 bridgehead atoms. The van der Waals surface area contributed by atoms with Crippen LogP contribution in [0.15, 0.2) is 12.4 Å². The number of hydrogen-bond donors (Lipinski definition) is 1. The minimum absolute atomic E-state index is 0.238. The second-order valence-electron chi connectivity index (χ2n) is 4.41. The molecule has 18 heavy (non-hydrogen) atoms.